The molecular formula is C22H17BrN2O6S. The van der Waals surface area contributed by atoms with E-state index in [9.17, 15) is 19.7 Å². The van der Waals surface area contributed by atoms with Crippen LogP contribution in [0.5, 0.6) is 11.5 Å². The molecule has 0 aromatic heterocycles. The van der Waals surface area contributed by atoms with Crippen LogP contribution in [-0.2, 0) is 11.4 Å². The quantitative estimate of drug-likeness (QED) is 0.210. The number of terminal acetylenes is 1. The number of amides is 2. The Balaban J connectivity index is 1.83. The van der Waals surface area contributed by atoms with E-state index in [2.05, 4.69) is 21.9 Å². The summed E-state index contributed by atoms with van der Waals surface area (Å²) in [6.07, 6.45) is 6.81. The van der Waals surface area contributed by atoms with Crippen LogP contribution in [0.4, 0.5) is 10.5 Å². The first-order valence-corrected chi connectivity index (χ1v) is 11.0. The smallest absolute Gasteiger partial charge is 0.294 e. The molecule has 2 amide bonds. The molecule has 0 N–H and O–H groups in total. The van der Waals surface area contributed by atoms with Crippen LogP contribution < -0.4 is 9.47 Å². The van der Waals surface area contributed by atoms with E-state index in [1.165, 1.54) is 12.1 Å². The number of rotatable bonds is 8. The van der Waals surface area contributed by atoms with Crippen LogP contribution >= 0.6 is 27.7 Å². The summed E-state index contributed by atoms with van der Waals surface area (Å²) in [5.74, 6) is 2.75. The normalized spacial score (nSPS) is 14.5. The number of nitro benzene ring substituents is 1. The van der Waals surface area contributed by atoms with Crippen LogP contribution in [0.3, 0.4) is 0 Å². The first-order valence-electron chi connectivity index (χ1n) is 9.35. The summed E-state index contributed by atoms with van der Waals surface area (Å²) in [4.78, 5) is 36.0. The summed E-state index contributed by atoms with van der Waals surface area (Å²) in [5.41, 5.74) is 1.38. The van der Waals surface area contributed by atoms with Crippen molar-refractivity contribution >= 4 is 50.6 Å². The Kier molecular flexibility index (Phi) is 7.56. The van der Waals surface area contributed by atoms with Gasteiger partial charge in [0.1, 0.15) is 6.61 Å². The second-order valence-corrected chi connectivity index (χ2v) is 8.29. The number of imide groups is 1. The number of nitrogens with zero attached hydrogens (tertiary/aromatic N) is 2. The van der Waals surface area contributed by atoms with Gasteiger partial charge in [-0.15, -0.1) is 6.42 Å². The van der Waals surface area contributed by atoms with Crippen molar-refractivity contribution in [3.8, 4) is 23.8 Å². The third-order valence-corrected chi connectivity index (χ3v) is 5.78. The van der Waals surface area contributed by atoms with E-state index >= 15 is 0 Å². The highest BCUT2D eigenvalue weighted by molar-refractivity contribution is 9.10. The van der Waals surface area contributed by atoms with Gasteiger partial charge < -0.3 is 9.47 Å². The largest absolute Gasteiger partial charge is 0.490 e. The zero-order valence-corrected chi connectivity index (χ0v) is 19.3. The number of halogens is 1. The molecule has 3 rings (SSSR count). The third-order valence-electron chi connectivity index (χ3n) is 4.28. The average molecular weight is 517 g/mol. The van der Waals surface area contributed by atoms with E-state index in [-0.39, 0.29) is 23.7 Å². The summed E-state index contributed by atoms with van der Waals surface area (Å²) in [5, 5.41) is 10.4. The van der Waals surface area contributed by atoms with Gasteiger partial charge in [-0.05, 0) is 76.1 Å². The van der Waals surface area contributed by atoms with E-state index in [0.29, 0.717) is 28.1 Å². The van der Waals surface area contributed by atoms with Crippen molar-refractivity contribution in [2.24, 2.45) is 0 Å². The van der Waals surface area contributed by atoms with Crippen LogP contribution in [-0.4, -0.2) is 34.1 Å². The molecule has 1 heterocycles. The van der Waals surface area contributed by atoms with Gasteiger partial charge in [0.2, 0.25) is 0 Å². The summed E-state index contributed by atoms with van der Waals surface area (Å²) in [7, 11) is 0. The molecule has 1 saturated heterocycles. The number of non-ortho nitro benzene ring substituents is 1. The molecule has 1 aliphatic heterocycles. The van der Waals surface area contributed by atoms with Gasteiger partial charge in [0, 0.05) is 12.1 Å². The molecule has 0 atom stereocenters. The molecule has 0 bridgehead atoms. The molecular weight excluding hydrogens is 500 g/mol. The van der Waals surface area contributed by atoms with Crippen LogP contribution in [0.25, 0.3) is 6.08 Å². The Morgan fingerprint density at radius 1 is 1.25 bits per heavy atom. The number of hydrogen-bond donors (Lipinski definition) is 0. The monoisotopic (exact) mass is 516 g/mol. The standard InChI is InChI=1S/C22H17BrN2O6S/c1-3-9-24-21(26)19(32-22(24)27)12-15-10-17(23)20(18(11-15)30-4-2)31-13-14-5-7-16(8-6-14)25(28)29/h1,5-8,10-12H,4,9,13H2,2H3/b19-12+. The topological polar surface area (TPSA) is 99.0 Å². The minimum absolute atomic E-state index is 0.000877. The molecule has 32 heavy (non-hydrogen) atoms. The van der Waals surface area contributed by atoms with Gasteiger partial charge in [-0.25, -0.2) is 0 Å². The Hall–Kier alpha value is -3.29. The lowest BCUT2D eigenvalue weighted by molar-refractivity contribution is -0.384. The number of nitro groups is 1. The second kappa shape index (κ2) is 10.3. The predicted octanol–water partition coefficient (Wildman–Crippen LogP) is 5.00. The van der Waals surface area contributed by atoms with E-state index in [0.717, 1.165) is 22.2 Å². The highest BCUT2D eigenvalue weighted by atomic mass is 79.9. The fourth-order valence-corrected chi connectivity index (χ4v) is 4.24. The Morgan fingerprint density at radius 2 is 1.97 bits per heavy atom. The highest BCUT2D eigenvalue weighted by Crippen LogP contribution is 2.39. The molecule has 1 fully saturated rings. The molecule has 1 aliphatic rings. The van der Waals surface area contributed by atoms with E-state index in [4.69, 9.17) is 15.9 Å². The van der Waals surface area contributed by atoms with Gasteiger partial charge in [0.05, 0.1) is 27.5 Å². The lowest BCUT2D eigenvalue weighted by atomic mass is 10.1. The summed E-state index contributed by atoms with van der Waals surface area (Å²) in [6, 6.07) is 9.50. The summed E-state index contributed by atoms with van der Waals surface area (Å²) >= 11 is 4.29. The molecule has 0 unspecified atom stereocenters. The van der Waals surface area contributed by atoms with Gasteiger partial charge in [0.25, 0.3) is 16.8 Å². The van der Waals surface area contributed by atoms with Crippen LogP contribution in [0.2, 0.25) is 0 Å². The van der Waals surface area contributed by atoms with E-state index in [1.807, 2.05) is 6.92 Å². The van der Waals surface area contributed by atoms with Crippen molar-refractivity contribution in [1.29, 1.82) is 0 Å². The molecule has 2 aromatic carbocycles. The number of thioether (sulfide) groups is 1. The van der Waals surface area contributed by atoms with E-state index in [1.54, 1.807) is 30.3 Å². The van der Waals surface area contributed by atoms with Crippen LogP contribution in [0.1, 0.15) is 18.1 Å². The Labute approximate surface area is 196 Å². The van der Waals surface area contributed by atoms with Crippen LogP contribution in [0, 0.1) is 22.5 Å². The molecule has 2 aromatic rings. The van der Waals surface area contributed by atoms with Crippen molar-refractivity contribution < 1.29 is 24.0 Å². The Morgan fingerprint density at radius 3 is 2.59 bits per heavy atom. The molecule has 0 aliphatic carbocycles. The number of ether oxygens (including phenoxy) is 2. The van der Waals surface area contributed by atoms with Crippen molar-refractivity contribution in [3.63, 3.8) is 0 Å². The predicted molar refractivity (Wildman–Crippen MR) is 124 cm³/mol. The summed E-state index contributed by atoms with van der Waals surface area (Å²) < 4.78 is 12.2. The van der Waals surface area contributed by atoms with Crippen molar-refractivity contribution in [2.75, 3.05) is 13.2 Å². The maximum absolute atomic E-state index is 12.4. The first-order chi connectivity index (χ1) is 15.3. The third kappa shape index (κ3) is 5.30. The zero-order chi connectivity index (χ0) is 23.3. The molecule has 10 heteroatoms. The molecule has 0 spiro atoms. The number of hydrogen-bond acceptors (Lipinski definition) is 7. The van der Waals surface area contributed by atoms with Crippen molar-refractivity contribution in [1.82, 2.24) is 4.90 Å². The average Bonchev–Trinajstić information content (AvgIpc) is 3.01. The fraction of sp³-hybridized carbons (Fsp3) is 0.182. The first kappa shape index (κ1) is 23.4. The van der Waals surface area contributed by atoms with Crippen LogP contribution in [0.15, 0.2) is 45.8 Å². The fourth-order valence-electron chi connectivity index (χ4n) is 2.82. The molecule has 164 valence electrons. The number of benzene rings is 2. The highest BCUT2D eigenvalue weighted by Gasteiger charge is 2.34. The van der Waals surface area contributed by atoms with Crippen molar-refractivity contribution in [3.05, 3.63) is 67.0 Å². The SMILES string of the molecule is C#CCN1C(=O)S/C(=C/c2cc(Br)c(OCc3ccc([N+](=O)[O-])cc3)c(OCC)c2)C1=O. The molecule has 0 saturated carbocycles. The maximum atomic E-state index is 12.4. The van der Waals surface area contributed by atoms with Gasteiger partial charge >= 0.3 is 0 Å². The van der Waals surface area contributed by atoms with E-state index < -0.39 is 16.1 Å². The molecule has 8 nitrogen and oxygen atoms in total. The zero-order valence-electron chi connectivity index (χ0n) is 16.9. The van der Waals surface area contributed by atoms with Gasteiger partial charge in [-0.2, -0.15) is 0 Å². The Bertz CT molecular complexity index is 1140. The lowest BCUT2D eigenvalue weighted by Crippen LogP contribution is -2.28. The number of carbonyl (C=O) groups excluding carboxylic acids is 2. The summed E-state index contributed by atoms with van der Waals surface area (Å²) in [6.45, 7) is 2.29. The van der Waals surface area contributed by atoms with Gasteiger partial charge in [-0.3, -0.25) is 24.6 Å². The second-order valence-electron chi connectivity index (χ2n) is 6.45. The molecule has 0 radical (unpaired) electrons. The maximum Gasteiger partial charge on any atom is 0.294 e. The minimum atomic E-state index is -0.464. The van der Waals surface area contributed by atoms with Gasteiger partial charge in [0.15, 0.2) is 11.5 Å². The lowest BCUT2D eigenvalue weighted by Gasteiger charge is -2.15. The van der Waals surface area contributed by atoms with Crippen molar-refractivity contribution in [2.45, 2.75) is 13.5 Å². The number of carbonyl (C=O) groups is 2. The van der Waals surface area contributed by atoms with Gasteiger partial charge in [-0.1, -0.05) is 5.92 Å². The minimum Gasteiger partial charge on any atom is -0.490 e.